The van der Waals surface area contributed by atoms with Crippen molar-refractivity contribution in [3.63, 3.8) is 0 Å². The van der Waals surface area contributed by atoms with E-state index >= 15 is 0 Å². The zero-order valence-corrected chi connectivity index (χ0v) is 8.73. The molecule has 0 heterocycles. The van der Waals surface area contributed by atoms with Crippen LogP contribution in [0.4, 0.5) is 0 Å². The van der Waals surface area contributed by atoms with E-state index < -0.39 is 0 Å². The summed E-state index contributed by atoms with van der Waals surface area (Å²) in [6.45, 7) is 8.17. The highest BCUT2D eigenvalue weighted by atomic mass is 13.9. The van der Waals surface area contributed by atoms with Crippen LogP contribution in [-0.2, 0) is 0 Å². The fourth-order valence-electron chi connectivity index (χ4n) is 1.27. The first-order valence-electron chi connectivity index (χ1n) is 5.26. The van der Waals surface area contributed by atoms with E-state index in [-0.39, 0.29) is 0 Å². The Kier molecular flexibility index (Phi) is 8.64. The summed E-state index contributed by atoms with van der Waals surface area (Å²) >= 11 is 0. The fourth-order valence-corrected chi connectivity index (χ4v) is 1.27. The van der Waals surface area contributed by atoms with Crippen LogP contribution in [0.1, 0.15) is 58.8 Å². The maximum Gasteiger partial charge on any atom is -0.0286 e. The molecule has 0 saturated carbocycles. The molecule has 0 aromatic rings. The zero-order valence-electron chi connectivity index (χ0n) is 8.73. The van der Waals surface area contributed by atoms with Crippen molar-refractivity contribution >= 4 is 0 Å². The van der Waals surface area contributed by atoms with Crippen molar-refractivity contribution in [3.8, 4) is 0 Å². The number of hydrogen-bond donors (Lipinski definition) is 0. The smallest absolute Gasteiger partial charge is 0.0286 e. The third kappa shape index (κ3) is 9.74. The lowest BCUT2D eigenvalue weighted by molar-refractivity contribution is 0.611. The van der Waals surface area contributed by atoms with E-state index in [1.165, 1.54) is 50.5 Å². The Bertz CT molecular complexity index is 107. The number of rotatable bonds is 7. The molecule has 0 aliphatic carbocycles. The summed E-state index contributed by atoms with van der Waals surface area (Å²) in [5, 5.41) is 0. The van der Waals surface area contributed by atoms with Crippen molar-refractivity contribution in [2.24, 2.45) is 0 Å². The summed E-state index contributed by atoms with van der Waals surface area (Å²) in [5.74, 6) is 0. The van der Waals surface area contributed by atoms with Gasteiger partial charge in [-0.15, -0.1) is 0 Å². The van der Waals surface area contributed by atoms with Gasteiger partial charge < -0.3 is 0 Å². The SMILES string of the molecule is [CH2]/C(C)=C/CCCCCCCC. The Morgan fingerprint density at radius 3 is 2.25 bits per heavy atom. The Labute approximate surface area is 78.1 Å². The molecule has 0 bridgehead atoms. The summed E-state index contributed by atoms with van der Waals surface area (Å²) in [7, 11) is 0. The van der Waals surface area contributed by atoms with Gasteiger partial charge in [-0.25, -0.2) is 0 Å². The predicted octanol–water partition coefficient (Wildman–Crippen LogP) is 4.52. The van der Waals surface area contributed by atoms with Crippen molar-refractivity contribution in [3.05, 3.63) is 18.6 Å². The molecule has 0 aliphatic heterocycles. The summed E-state index contributed by atoms with van der Waals surface area (Å²) in [6.07, 6.45) is 11.8. The van der Waals surface area contributed by atoms with Gasteiger partial charge in [0.1, 0.15) is 0 Å². The molecule has 0 aliphatic rings. The molecule has 0 saturated heterocycles. The topological polar surface area (TPSA) is 0 Å². The standard InChI is InChI=1S/C12H23/c1-4-5-6-7-8-9-10-11-12(2)3/h11H,2,4-10H2,1,3H3/b12-11-. The Morgan fingerprint density at radius 1 is 1.08 bits per heavy atom. The minimum atomic E-state index is 1.21. The first kappa shape index (κ1) is 11.7. The average molecular weight is 167 g/mol. The van der Waals surface area contributed by atoms with Gasteiger partial charge in [0.05, 0.1) is 0 Å². The number of allylic oxidation sites excluding steroid dienone is 2. The molecule has 0 fully saturated rings. The fraction of sp³-hybridized carbons (Fsp3) is 0.750. The molecular weight excluding hydrogens is 144 g/mol. The van der Waals surface area contributed by atoms with Crippen LogP contribution >= 0.6 is 0 Å². The Hall–Kier alpha value is -0.260. The maximum absolute atomic E-state index is 3.85. The zero-order chi connectivity index (χ0) is 9.23. The van der Waals surface area contributed by atoms with Crippen LogP contribution in [0.2, 0.25) is 0 Å². The second kappa shape index (κ2) is 8.83. The molecule has 0 rings (SSSR count). The van der Waals surface area contributed by atoms with Gasteiger partial charge in [-0.1, -0.05) is 50.7 Å². The van der Waals surface area contributed by atoms with E-state index in [1.807, 2.05) is 0 Å². The normalized spacial score (nSPS) is 12.1. The first-order chi connectivity index (χ1) is 5.77. The van der Waals surface area contributed by atoms with Crippen LogP contribution in [0.15, 0.2) is 11.6 Å². The monoisotopic (exact) mass is 167 g/mol. The Morgan fingerprint density at radius 2 is 1.67 bits per heavy atom. The summed E-state index contributed by atoms with van der Waals surface area (Å²) in [5.41, 5.74) is 1.21. The molecule has 71 valence electrons. The summed E-state index contributed by atoms with van der Waals surface area (Å²) < 4.78 is 0. The first-order valence-corrected chi connectivity index (χ1v) is 5.26. The molecule has 0 N–H and O–H groups in total. The van der Waals surface area contributed by atoms with Crippen molar-refractivity contribution < 1.29 is 0 Å². The highest BCUT2D eigenvalue weighted by Gasteiger charge is 1.88. The van der Waals surface area contributed by atoms with E-state index in [0.29, 0.717) is 0 Å². The van der Waals surface area contributed by atoms with E-state index in [4.69, 9.17) is 0 Å². The summed E-state index contributed by atoms with van der Waals surface area (Å²) in [6, 6.07) is 0. The maximum atomic E-state index is 3.85. The quantitative estimate of drug-likeness (QED) is 0.489. The lowest BCUT2D eigenvalue weighted by atomic mass is 10.1. The lowest BCUT2D eigenvalue weighted by Crippen LogP contribution is -1.78. The molecule has 12 heavy (non-hydrogen) atoms. The van der Waals surface area contributed by atoms with Crippen molar-refractivity contribution in [1.82, 2.24) is 0 Å². The Balaban J connectivity index is 2.96. The number of unbranched alkanes of at least 4 members (excludes halogenated alkanes) is 6. The third-order valence-electron chi connectivity index (χ3n) is 2.05. The van der Waals surface area contributed by atoms with Crippen LogP contribution < -0.4 is 0 Å². The predicted molar refractivity (Wildman–Crippen MR) is 57.1 cm³/mol. The van der Waals surface area contributed by atoms with Gasteiger partial charge in [-0.3, -0.25) is 0 Å². The molecular formula is C12H23. The van der Waals surface area contributed by atoms with Crippen molar-refractivity contribution in [1.29, 1.82) is 0 Å². The van der Waals surface area contributed by atoms with Gasteiger partial charge in [0, 0.05) is 0 Å². The van der Waals surface area contributed by atoms with Crippen molar-refractivity contribution in [2.45, 2.75) is 58.8 Å². The second-order valence-electron chi connectivity index (χ2n) is 3.61. The van der Waals surface area contributed by atoms with Gasteiger partial charge in [-0.2, -0.15) is 0 Å². The van der Waals surface area contributed by atoms with E-state index in [2.05, 4.69) is 26.8 Å². The lowest BCUT2D eigenvalue weighted by Gasteiger charge is -1.97. The largest absolute Gasteiger partial charge is 0.0856 e. The molecule has 0 aromatic carbocycles. The number of hydrogen-bond acceptors (Lipinski definition) is 0. The van der Waals surface area contributed by atoms with Gasteiger partial charge in [0.2, 0.25) is 0 Å². The van der Waals surface area contributed by atoms with E-state index in [0.717, 1.165) is 0 Å². The highest BCUT2D eigenvalue weighted by molar-refractivity contribution is 5.00. The van der Waals surface area contributed by atoms with Crippen LogP contribution in [-0.4, -0.2) is 0 Å². The van der Waals surface area contributed by atoms with E-state index in [1.54, 1.807) is 0 Å². The average Bonchev–Trinajstić information content (AvgIpc) is 2.02. The molecule has 0 atom stereocenters. The van der Waals surface area contributed by atoms with E-state index in [9.17, 15) is 0 Å². The van der Waals surface area contributed by atoms with Gasteiger partial charge >= 0.3 is 0 Å². The van der Waals surface area contributed by atoms with Crippen LogP contribution in [0, 0.1) is 6.92 Å². The minimum Gasteiger partial charge on any atom is -0.0856 e. The van der Waals surface area contributed by atoms with Crippen molar-refractivity contribution in [2.75, 3.05) is 0 Å². The van der Waals surface area contributed by atoms with Crippen LogP contribution in [0.3, 0.4) is 0 Å². The molecule has 0 aromatic heterocycles. The molecule has 0 spiro atoms. The molecule has 0 nitrogen and oxygen atoms in total. The third-order valence-corrected chi connectivity index (χ3v) is 2.05. The van der Waals surface area contributed by atoms with Gasteiger partial charge in [0.25, 0.3) is 0 Å². The second-order valence-corrected chi connectivity index (χ2v) is 3.61. The molecule has 0 heteroatoms. The van der Waals surface area contributed by atoms with Gasteiger partial charge in [-0.05, 0) is 26.7 Å². The molecule has 1 radical (unpaired) electrons. The minimum absolute atomic E-state index is 1.21. The molecule has 0 unspecified atom stereocenters. The van der Waals surface area contributed by atoms with Gasteiger partial charge in [0.15, 0.2) is 0 Å². The molecule has 0 amide bonds. The highest BCUT2D eigenvalue weighted by Crippen LogP contribution is 2.07. The van der Waals surface area contributed by atoms with Crippen LogP contribution in [0.5, 0.6) is 0 Å². The summed E-state index contributed by atoms with van der Waals surface area (Å²) in [4.78, 5) is 0. The van der Waals surface area contributed by atoms with Crippen LogP contribution in [0.25, 0.3) is 0 Å².